The number of nitrogen functional groups attached to an aromatic ring is 1. The molecule has 2 aromatic carbocycles. The van der Waals surface area contributed by atoms with Crippen molar-refractivity contribution in [1.82, 2.24) is 15.0 Å². The van der Waals surface area contributed by atoms with Crippen molar-refractivity contribution in [1.29, 1.82) is 0 Å². The number of anilines is 4. The summed E-state index contributed by atoms with van der Waals surface area (Å²) < 4.78 is 13.0. The van der Waals surface area contributed by atoms with Crippen molar-refractivity contribution in [2.45, 2.75) is 31.8 Å². The Morgan fingerprint density at radius 3 is 2.60 bits per heavy atom. The van der Waals surface area contributed by atoms with Crippen LogP contribution in [0.2, 0.25) is 0 Å². The van der Waals surface area contributed by atoms with E-state index in [1.165, 1.54) is 23.9 Å². The Balaban J connectivity index is 1.61. The predicted molar refractivity (Wildman–Crippen MR) is 119 cm³/mol. The number of nitrogens with two attached hydrogens (primary N) is 1. The molecule has 0 radical (unpaired) electrons. The first-order valence-corrected chi connectivity index (χ1v) is 10.4. The van der Waals surface area contributed by atoms with E-state index >= 15 is 0 Å². The Bertz CT molecular complexity index is 1040. The summed E-state index contributed by atoms with van der Waals surface area (Å²) in [7, 11) is 0. The highest BCUT2D eigenvalue weighted by Crippen LogP contribution is 2.22. The van der Waals surface area contributed by atoms with Crippen molar-refractivity contribution in [3.8, 4) is 0 Å². The molecule has 3 aromatic rings. The number of hydrogen-bond acceptors (Lipinski definition) is 7. The summed E-state index contributed by atoms with van der Waals surface area (Å²) in [4.78, 5) is 25.1. The number of amides is 1. The topological polar surface area (TPSA) is 106 Å². The zero-order chi connectivity index (χ0) is 21.7. The van der Waals surface area contributed by atoms with Crippen molar-refractivity contribution < 1.29 is 9.18 Å². The molecule has 1 heterocycles. The molecule has 0 aliphatic rings. The lowest BCUT2D eigenvalue weighted by Crippen LogP contribution is -2.23. The second kappa shape index (κ2) is 9.53. The highest BCUT2D eigenvalue weighted by atomic mass is 32.2. The number of carbonyl (C=O) groups excluding carboxylic acids is 1. The molecule has 0 bridgehead atoms. The fourth-order valence-electron chi connectivity index (χ4n) is 2.60. The van der Waals surface area contributed by atoms with Crippen LogP contribution in [-0.4, -0.2) is 26.1 Å². The van der Waals surface area contributed by atoms with E-state index in [1.54, 1.807) is 12.1 Å². The molecule has 156 valence electrons. The molecule has 4 N–H and O–H groups in total. The van der Waals surface area contributed by atoms with Crippen molar-refractivity contribution in [3.05, 3.63) is 65.2 Å². The van der Waals surface area contributed by atoms with Crippen molar-refractivity contribution in [2.24, 2.45) is 0 Å². The number of halogens is 1. The number of aromatic nitrogens is 3. The van der Waals surface area contributed by atoms with Gasteiger partial charge < -0.3 is 16.4 Å². The minimum Gasteiger partial charge on any atom is -0.368 e. The molecule has 0 spiro atoms. The van der Waals surface area contributed by atoms with Gasteiger partial charge in [0.2, 0.25) is 17.8 Å². The third-order valence-electron chi connectivity index (χ3n) is 4.28. The summed E-state index contributed by atoms with van der Waals surface area (Å²) in [5.41, 5.74) is 9.31. The van der Waals surface area contributed by atoms with E-state index in [4.69, 9.17) is 5.73 Å². The van der Waals surface area contributed by atoms with Gasteiger partial charge in [-0.25, -0.2) is 4.39 Å². The number of hydrogen-bond donors (Lipinski definition) is 3. The molecule has 3 rings (SSSR count). The van der Waals surface area contributed by atoms with E-state index in [0.29, 0.717) is 17.3 Å². The van der Waals surface area contributed by atoms with Crippen LogP contribution in [0.1, 0.15) is 23.9 Å². The Kier molecular flexibility index (Phi) is 6.83. The summed E-state index contributed by atoms with van der Waals surface area (Å²) in [6.45, 7) is 5.76. The van der Waals surface area contributed by atoms with Crippen LogP contribution in [-0.2, 0) is 10.5 Å². The SMILES string of the molecule is Cc1ccc(C)c(NC(=O)[C@H](C)SCc2nc(N)nc(Nc3ccc(F)cc3)n2)c1. The average Bonchev–Trinajstić information content (AvgIpc) is 2.70. The Labute approximate surface area is 178 Å². The van der Waals surface area contributed by atoms with Crippen LogP contribution in [0.4, 0.5) is 27.7 Å². The minimum atomic E-state index is -0.332. The number of carbonyl (C=O) groups is 1. The van der Waals surface area contributed by atoms with Gasteiger partial charge >= 0.3 is 0 Å². The normalized spacial score (nSPS) is 11.7. The second-order valence-corrected chi connectivity index (χ2v) is 8.16. The van der Waals surface area contributed by atoms with E-state index in [2.05, 4.69) is 25.6 Å². The lowest BCUT2D eigenvalue weighted by molar-refractivity contribution is -0.115. The highest BCUT2D eigenvalue weighted by molar-refractivity contribution is 7.99. The summed E-state index contributed by atoms with van der Waals surface area (Å²) in [6, 6.07) is 11.7. The van der Waals surface area contributed by atoms with Gasteiger partial charge in [-0.3, -0.25) is 4.79 Å². The molecule has 0 saturated carbocycles. The number of aryl methyl sites for hydroxylation is 2. The Morgan fingerprint density at radius 1 is 1.13 bits per heavy atom. The summed E-state index contributed by atoms with van der Waals surface area (Å²) >= 11 is 1.39. The van der Waals surface area contributed by atoms with Crippen LogP contribution in [0.3, 0.4) is 0 Å². The first-order chi connectivity index (χ1) is 14.3. The Morgan fingerprint density at radius 2 is 1.87 bits per heavy atom. The van der Waals surface area contributed by atoms with Crippen LogP contribution in [0.25, 0.3) is 0 Å². The zero-order valence-electron chi connectivity index (χ0n) is 16.9. The fraction of sp³-hybridized carbons (Fsp3) is 0.238. The molecule has 0 saturated heterocycles. The van der Waals surface area contributed by atoms with Gasteiger partial charge in [0.25, 0.3) is 0 Å². The number of nitrogens with zero attached hydrogens (tertiary/aromatic N) is 3. The van der Waals surface area contributed by atoms with Crippen molar-refractivity contribution in [2.75, 3.05) is 16.4 Å². The average molecular weight is 427 g/mol. The largest absolute Gasteiger partial charge is 0.368 e. The molecule has 1 atom stereocenters. The molecule has 0 aliphatic heterocycles. The third kappa shape index (κ3) is 5.90. The lowest BCUT2D eigenvalue weighted by Gasteiger charge is -2.14. The van der Waals surface area contributed by atoms with Gasteiger partial charge in [0.15, 0.2) is 0 Å². The molecular weight excluding hydrogens is 403 g/mol. The first kappa shape index (κ1) is 21.5. The van der Waals surface area contributed by atoms with Gasteiger partial charge in [0.05, 0.1) is 11.0 Å². The van der Waals surface area contributed by atoms with Crippen LogP contribution in [0.15, 0.2) is 42.5 Å². The highest BCUT2D eigenvalue weighted by Gasteiger charge is 2.16. The predicted octanol–water partition coefficient (Wildman–Crippen LogP) is 4.21. The summed E-state index contributed by atoms with van der Waals surface area (Å²) in [5, 5.41) is 5.61. The molecule has 30 heavy (non-hydrogen) atoms. The van der Waals surface area contributed by atoms with Crippen LogP contribution in [0.5, 0.6) is 0 Å². The summed E-state index contributed by atoms with van der Waals surface area (Å²) in [5.74, 6) is 0.728. The van der Waals surface area contributed by atoms with Crippen molar-refractivity contribution in [3.63, 3.8) is 0 Å². The quantitative estimate of drug-likeness (QED) is 0.519. The fourth-order valence-corrected chi connectivity index (χ4v) is 3.34. The lowest BCUT2D eigenvalue weighted by atomic mass is 10.1. The maximum atomic E-state index is 13.0. The van der Waals surface area contributed by atoms with Crippen molar-refractivity contribution >= 4 is 40.9 Å². The molecule has 1 aromatic heterocycles. The van der Waals surface area contributed by atoms with E-state index in [0.717, 1.165) is 16.8 Å². The first-order valence-electron chi connectivity index (χ1n) is 9.33. The number of thioether (sulfide) groups is 1. The smallest absolute Gasteiger partial charge is 0.237 e. The molecular formula is C21H23FN6OS. The second-order valence-electron chi connectivity index (χ2n) is 6.83. The van der Waals surface area contributed by atoms with Gasteiger partial charge in [-0.05, 0) is 62.2 Å². The number of nitrogens with one attached hydrogen (secondary N) is 2. The molecule has 1 amide bonds. The van der Waals surface area contributed by atoms with E-state index < -0.39 is 0 Å². The van der Waals surface area contributed by atoms with Gasteiger partial charge in [0.1, 0.15) is 11.6 Å². The van der Waals surface area contributed by atoms with Gasteiger partial charge in [-0.1, -0.05) is 12.1 Å². The van der Waals surface area contributed by atoms with E-state index in [9.17, 15) is 9.18 Å². The van der Waals surface area contributed by atoms with Gasteiger partial charge in [-0.15, -0.1) is 11.8 Å². The van der Waals surface area contributed by atoms with E-state index in [1.807, 2.05) is 39.0 Å². The van der Waals surface area contributed by atoms with Gasteiger partial charge in [-0.2, -0.15) is 15.0 Å². The monoisotopic (exact) mass is 426 g/mol. The minimum absolute atomic E-state index is 0.0673. The molecule has 9 heteroatoms. The summed E-state index contributed by atoms with van der Waals surface area (Å²) in [6.07, 6.45) is 0. The number of benzene rings is 2. The standard InChI is InChI=1S/C21H23FN6OS/c1-12-4-5-13(2)17(10-12)25-19(29)14(3)30-11-18-26-20(23)28-21(27-18)24-16-8-6-15(22)7-9-16/h4-10,14H,11H2,1-3H3,(H,25,29)(H3,23,24,26,27,28)/t14-/m0/s1. The van der Waals surface area contributed by atoms with Gasteiger partial charge in [0, 0.05) is 11.4 Å². The third-order valence-corrected chi connectivity index (χ3v) is 5.42. The maximum absolute atomic E-state index is 13.0. The van der Waals surface area contributed by atoms with E-state index in [-0.39, 0.29) is 28.9 Å². The maximum Gasteiger partial charge on any atom is 0.237 e. The molecule has 7 nitrogen and oxygen atoms in total. The Hall–Kier alpha value is -3.20. The van der Waals surface area contributed by atoms with Crippen LogP contribution >= 0.6 is 11.8 Å². The molecule has 0 aliphatic carbocycles. The van der Waals surface area contributed by atoms with Crippen LogP contribution in [0, 0.1) is 19.7 Å². The number of rotatable bonds is 7. The molecule has 0 fully saturated rings. The zero-order valence-corrected chi connectivity index (χ0v) is 17.8. The molecule has 0 unspecified atom stereocenters. The van der Waals surface area contributed by atoms with Crippen LogP contribution < -0.4 is 16.4 Å².